The number of fused-ring (bicyclic) bond motifs is 1. The number of hydrogen-bond donors (Lipinski definition) is 1. The molecule has 3 rings (SSSR count). The molecule has 0 spiro atoms. The summed E-state index contributed by atoms with van der Waals surface area (Å²) < 4.78 is 0. The van der Waals surface area contributed by atoms with Crippen LogP contribution in [0.25, 0.3) is 0 Å². The van der Waals surface area contributed by atoms with Crippen molar-refractivity contribution in [2.24, 2.45) is 16.1 Å². The minimum Gasteiger partial charge on any atom is -0.325 e. The topological polar surface area (TPSA) is 90.3 Å². The molecular formula is C31H44N6O2. The van der Waals surface area contributed by atoms with Gasteiger partial charge in [0.1, 0.15) is 5.69 Å². The van der Waals surface area contributed by atoms with Crippen molar-refractivity contribution in [3.63, 3.8) is 0 Å². The van der Waals surface area contributed by atoms with Crippen molar-refractivity contribution in [3.05, 3.63) is 64.2 Å². The van der Waals surface area contributed by atoms with Crippen molar-refractivity contribution < 1.29 is 9.59 Å². The van der Waals surface area contributed by atoms with Crippen molar-refractivity contribution in [1.82, 2.24) is 20.1 Å². The van der Waals surface area contributed by atoms with Crippen LogP contribution >= 0.6 is 0 Å². The smallest absolute Gasteiger partial charge is 0.320 e. The van der Waals surface area contributed by atoms with Gasteiger partial charge >= 0.3 is 6.03 Å². The maximum absolute atomic E-state index is 13.3. The Bertz CT molecular complexity index is 1190. The highest BCUT2D eigenvalue weighted by Gasteiger charge is 2.27. The molecule has 210 valence electrons. The molecule has 3 amide bonds. The number of allylic oxidation sites excluding steroid dienone is 5. The summed E-state index contributed by atoms with van der Waals surface area (Å²) in [5, 5.41) is 11.5. The second kappa shape index (κ2) is 14.6. The zero-order valence-electron chi connectivity index (χ0n) is 24.5. The first-order valence-electron chi connectivity index (χ1n) is 14.2. The van der Waals surface area contributed by atoms with Gasteiger partial charge in [-0.25, -0.2) is 4.79 Å². The van der Waals surface area contributed by atoms with Crippen LogP contribution in [-0.2, 0) is 13.0 Å². The zero-order chi connectivity index (χ0) is 28.4. The SMILES string of the molecule is C\C=N/N=C(/C(C)=C/C=C\C(NC(=O)c1cc2c(cn1)CCN(C(=O)N1CCCC1)C2)=C(C)CC)C(C)CC. The molecule has 0 aromatic carbocycles. The number of hydrogen-bond acceptors (Lipinski definition) is 5. The lowest BCUT2D eigenvalue weighted by atomic mass is 9.96. The number of rotatable bonds is 9. The van der Waals surface area contributed by atoms with Crippen molar-refractivity contribution >= 4 is 23.9 Å². The summed E-state index contributed by atoms with van der Waals surface area (Å²) in [5.74, 6) is 0.0372. The minimum absolute atomic E-state index is 0.0984. The lowest BCUT2D eigenvalue weighted by Crippen LogP contribution is -2.44. The average molecular weight is 533 g/mol. The van der Waals surface area contributed by atoms with Crippen LogP contribution in [0, 0.1) is 5.92 Å². The monoisotopic (exact) mass is 532 g/mol. The molecule has 1 unspecified atom stereocenters. The Morgan fingerprint density at radius 1 is 1.13 bits per heavy atom. The van der Waals surface area contributed by atoms with E-state index in [0.717, 1.165) is 78.9 Å². The van der Waals surface area contributed by atoms with E-state index in [1.165, 1.54) is 0 Å². The molecule has 8 heteroatoms. The van der Waals surface area contributed by atoms with E-state index in [4.69, 9.17) is 0 Å². The number of nitrogens with one attached hydrogen (secondary N) is 1. The fourth-order valence-electron chi connectivity index (χ4n) is 4.75. The molecule has 0 radical (unpaired) electrons. The number of urea groups is 1. The quantitative estimate of drug-likeness (QED) is 0.238. The average Bonchev–Trinajstić information content (AvgIpc) is 3.50. The Morgan fingerprint density at radius 3 is 2.54 bits per heavy atom. The van der Waals surface area contributed by atoms with Gasteiger partial charge in [0.05, 0.1) is 5.71 Å². The number of carbonyl (C=O) groups excluding carboxylic acids is 2. The first-order chi connectivity index (χ1) is 18.8. The van der Waals surface area contributed by atoms with Crippen LogP contribution in [0.5, 0.6) is 0 Å². The van der Waals surface area contributed by atoms with Crippen LogP contribution in [0.1, 0.15) is 88.8 Å². The van der Waals surface area contributed by atoms with Crippen LogP contribution < -0.4 is 5.32 Å². The van der Waals surface area contributed by atoms with Crippen molar-refractivity contribution in [3.8, 4) is 0 Å². The molecule has 0 aliphatic carbocycles. The Balaban J connectivity index is 1.75. The number of carbonyl (C=O) groups is 2. The van der Waals surface area contributed by atoms with Crippen LogP contribution in [0.3, 0.4) is 0 Å². The molecule has 2 aliphatic rings. The third kappa shape index (κ3) is 7.97. The van der Waals surface area contributed by atoms with E-state index in [2.05, 4.69) is 41.3 Å². The fraction of sp³-hybridized carbons (Fsp3) is 0.516. The minimum atomic E-state index is -0.256. The first kappa shape index (κ1) is 30.0. The molecule has 0 saturated carbocycles. The molecular weight excluding hydrogens is 488 g/mol. The molecule has 1 saturated heterocycles. The number of nitrogens with zero attached hydrogens (tertiary/aromatic N) is 5. The first-order valence-corrected chi connectivity index (χ1v) is 14.2. The highest BCUT2D eigenvalue weighted by atomic mass is 16.2. The molecule has 1 aromatic rings. The third-order valence-electron chi connectivity index (χ3n) is 7.59. The number of amides is 3. The molecule has 2 aliphatic heterocycles. The van der Waals surface area contributed by atoms with E-state index in [1.54, 1.807) is 12.4 Å². The highest BCUT2D eigenvalue weighted by Crippen LogP contribution is 2.22. The molecule has 39 heavy (non-hydrogen) atoms. The van der Waals surface area contributed by atoms with Crippen LogP contribution in [0.4, 0.5) is 4.79 Å². The zero-order valence-corrected chi connectivity index (χ0v) is 24.5. The van der Waals surface area contributed by atoms with E-state index in [0.29, 0.717) is 24.7 Å². The summed E-state index contributed by atoms with van der Waals surface area (Å²) in [4.78, 5) is 34.4. The highest BCUT2D eigenvalue weighted by molar-refractivity contribution is 6.01. The summed E-state index contributed by atoms with van der Waals surface area (Å²) in [6, 6.07) is 1.94. The van der Waals surface area contributed by atoms with Crippen molar-refractivity contribution in [1.29, 1.82) is 0 Å². The van der Waals surface area contributed by atoms with Crippen molar-refractivity contribution in [2.75, 3.05) is 19.6 Å². The summed E-state index contributed by atoms with van der Waals surface area (Å²) in [6.07, 6.45) is 14.0. The van der Waals surface area contributed by atoms with E-state index < -0.39 is 0 Å². The van der Waals surface area contributed by atoms with Crippen LogP contribution in [0.2, 0.25) is 0 Å². The summed E-state index contributed by atoms with van der Waals surface area (Å²) >= 11 is 0. The normalized spacial score (nSPS) is 18.0. The van der Waals surface area contributed by atoms with E-state index >= 15 is 0 Å². The molecule has 3 heterocycles. The Morgan fingerprint density at radius 2 is 1.87 bits per heavy atom. The summed E-state index contributed by atoms with van der Waals surface area (Å²) in [6.45, 7) is 15.1. The molecule has 0 bridgehead atoms. The summed E-state index contributed by atoms with van der Waals surface area (Å²) in [7, 11) is 0. The second-order valence-corrected chi connectivity index (χ2v) is 10.4. The molecule has 1 atom stereocenters. The number of likely N-dealkylation sites (tertiary alicyclic amines) is 1. The van der Waals surface area contributed by atoms with Crippen LogP contribution in [-0.4, -0.2) is 58.3 Å². The van der Waals surface area contributed by atoms with Crippen molar-refractivity contribution in [2.45, 2.75) is 80.2 Å². The predicted octanol–water partition coefficient (Wildman–Crippen LogP) is 6.06. The van der Waals surface area contributed by atoms with Gasteiger partial charge < -0.3 is 15.1 Å². The number of pyridine rings is 1. The maximum atomic E-state index is 13.3. The molecule has 1 N–H and O–H groups in total. The second-order valence-electron chi connectivity index (χ2n) is 10.4. The van der Waals surface area contributed by atoms with Gasteiger partial charge in [-0.1, -0.05) is 32.9 Å². The fourth-order valence-corrected chi connectivity index (χ4v) is 4.75. The van der Waals surface area contributed by atoms with E-state index in [9.17, 15) is 9.59 Å². The van der Waals surface area contributed by atoms with Gasteiger partial charge in [0, 0.05) is 50.2 Å². The standard InChI is InChI=1S/C31H44N6O2/c1-7-22(4)27(14-12-13-24(6)29(23(5)8-2)35-33-9-3)34-30(38)28-19-26-21-37(18-15-25(26)20-32-28)31(39)36-16-10-11-17-36/h9,12-14,19-20,23H,7-8,10-11,15-18,21H2,1-6H3,(H,34,38)/b14-12-,24-13+,27-22?,33-9-,35-29+. The van der Waals surface area contributed by atoms with Crippen LogP contribution in [0.15, 0.2) is 57.5 Å². The van der Waals surface area contributed by atoms with Gasteiger partial charge in [-0.15, -0.1) is 0 Å². The number of aromatic nitrogens is 1. The van der Waals surface area contributed by atoms with Gasteiger partial charge in [0.25, 0.3) is 5.91 Å². The maximum Gasteiger partial charge on any atom is 0.320 e. The van der Waals surface area contributed by atoms with E-state index in [-0.39, 0.29) is 11.9 Å². The third-order valence-corrected chi connectivity index (χ3v) is 7.59. The molecule has 1 fully saturated rings. The lowest BCUT2D eigenvalue weighted by molar-refractivity contribution is 0.0961. The molecule has 8 nitrogen and oxygen atoms in total. The van der Waals surface area contributed by atoms with Gasteiger partial charge in [-0.05, 0) is 87.3 Å². The van der Waals surface area contributed by atoms with E-state index in [1.807, 2.05) is 54.9 Å². The largest absolute Gasteiger partial charge is 0.325 e. The van der Waals surface area contributed by atoms with Gasteiger partial charge in [-0.2, -0.15) is 10.2 Å². The van der Waals surface area contributed by atoms with Gasteiger partial charge in [0.2, 0.25) is 0 Å². The Hall–Kier alpha value is -3.55. The summed E-state index contributed by atoms with van der Waals surface area (Å²) in [5.41, 5.74) is 6.27. The molecule has 1 aromatic heterocycles. The Kier molecular flexibility index (Phi) is 11.2. The predicted molar refractivity (Wildman–Crippen MR) is 159 cm³/mol. The van der Waals surface area contributed by atoms with Gasteiger partial charge in [0.15, 0.2) is 0 Å². The van der Waals surface area contributed by atoms with Gasteiger partial charge in [-0.3, -0.25) is 9.78 Å². The Labute approximate surface area is 233 Å². The lowest BCUT2D eigenvalue weighted by Gasteiger charge is -2.32.